The van der Waals surface area contributed by atoms with E-state index in [2.05, 4.69) is 16.7 Å². The predicted octanol–water partition coefficient (Wildman–Crippen LogP) is 4.28. The van der Waals surface area contributed by atoms with Crippen molar-refractivity contribution in [2.45, 2.75) is 44.8 Å². The topological polar surface area (TPSA) is 24.1 Å². The summed E-state index contributed by atoms with van der Waals surface area (Å²) in [6, 6.07) is 5.32. The van der Waals surface area contributed by atoms with E-state index in [1.165, 1.54) is 37.8 Å². The highest BCUT2D eigenvalue weighted by atomic mass is 19.4. The minimum atomic E-state index is -4.26. The Bertz CT molecular complexity index is 492. The molecular formula is C18H25F3N2. The molecule has 0 radical (unpaired) electrons. The first-order valence-electron chi connectivity index (χ1n) is 8.31. The van der Waals surface area contributed by atoms with Crippen molar-refractivity contribution < 1.29 is 13.2 Å². The lowest BCUT2D eigenvalue weighted by Crippen LogP contribution is -2.28. The van der Waals surface area contributed by atoms with Gasteiger partial charge in [0.2, 0.25) is 0 Å². The number of allylic oxidation sites excluding steroid dienone is 1. The van der Waals surface area contributed by atoms with Crippen molar-refractivity contribution in [3.05, 3.63) is 47.0 Å². The summed E-state index contributed by atoms with van der Waals surface area (Å²) in [6.07, 6.45) is 4.35. The molecule has 0 bridgehead atoms. The number of hydrogen-bond acceptors (Lipinski definition) is 2. The largest absolute Gasteiger partial charge is 0.416 e. The summed E-state index contributed by atoms with van der Waals surface area (Å²) < 4.78 is 37.4. The molecule has 1 aromatic rings. The molecule has 1 aliphatic rings. The van der Waals surface area contributed by atoms with Crippen LogP contribution in [0.5, 0.6) is 0 Å². The van der Waals surface area contributed by atoms with Gasteiger partial charge >= 0.3 is 6.18 Å². The van der Waals surface area contributed by atoms with E-state index in [4.69, 9.17) is 0 Å². The zero-order valence-corrected chi connectivity index (χ0v) is 13.4. The molecule has 1 aromatic carbocycles. The Hall–Kier alpha value is -1.33. The number of benzene rings is 1. The fourth-order valence-electron chi connectivity index (χ4n) is 2.73. The van der Waals surface area contributed by atoms with Gasteiger partial charge in [-0.2, -0.15) is 13.2 Å². The molecule has 128 valence electrons. The van der Waals surface area contributed by atoms with Gasteiger partial charge in [0.05, 0.1) is 5.56 Å². The van der Waals surface area contributed by atoms with E-state index in [0.29, 0.717) is 6.54 Å². The van der Waals surface area contributed by atoms with E-state index >= 15 is 0 Å². The first-order valence-corrected chi connectivity index (χ1v) is 8.31. The number of alkyl halides is 3. The van der Waals surface area contributed by atoms with Crippen molar-refractivity contribution in [3.63, 3.8) is 0 Å². The summed E-state index contributed by atoms with van der Waals surface area (Å²) in [4.78, 5) is 0. The minimum absolute atomic E-state index is 0.588. The monoisotopic (exact) mass is 326 g/mol. The Morgan fingerprint density at radius 1 is 0.913 bits per heavy atom. The lowest BCUT2D eigenvalue weighted by molar-refractivity contribution is -0.137. The average molecular weight is 326 g/mol. The highest BCUT2D eigenvalue weighted by molar-refractivity contribution is 5.24. The van der Waals surface area contributed by atoms with E-state index in [-0.39, 0.29) is 0 Å². The van der Waals surface area contributed by atoms with Crippen molar-refractivity contribution in [2.24, 2.45) is 0 Å². The van der Waals surface area contributed by atoms with E-state index in [0.717, 1.165) is 43.8 Å². The molecule has 1 aliphatic carbocycles. The molecule has 2 rings (SSSR count). The maximum absolute atomic E-state index is 12.5. The van der Waals surface area contributed by atoms with Gasteiger partial charge < -0.3 is 10.6 Å². The number of rotatable bonds is 8. The van der Waals surface area contributed by atoms with E-state index in [1.807, 2.05) is 0 Å². The fraction of sp³-hybridized carbons (Fsp3) is 0.556. The fourth-order valence-corrected chi connectivity index (χ4v) is 2.73. The molecule has 0 saturated heterocycles. The lowest BCUT2D eigenvalue weighted by atomic mass is 9.97. The summed E-state index contributed by atoms with van der Waals surface area (Å²) in [5, 5.41) is 6.64. The molecule has 0 saturated carbocycles. The van der Waals surface area contributed by atoms with Crippen LogP contribution < -0.4 is 10.6 Å². The molecule has 0 fully saturated rings. The maximum Gasteiger partial charge on any atom is 0.416 e. The third-order valence-electron chi connectivity index (χ3n) is 4.10. The zero-order chi connectivity index (χ0) is 16.5. The standard InChI is InChI=1S/C18H25F3N2/c19-18(20,21)17-8-6-16(7-9-17)14-23-13-12-22-11-10-15-4-2-1-3-5-15/h4,6-9,22-23H,1-3,5,10-14H2. The molecule has 0 atom stereocenters. The average Bonchev–Trinajstić information content (AvgIpc) is 2.54. The molecule has 0 amide bonds. The van der Waals surface area contributed by atoms with Crippen LogP contribution in [-0.2, 0) is 12.7 Å². The van der Waals surface area contributed by atoms with Crippen molar-refractivity contribution in [3.8, 4) is 0 Å². The summed E-state index contributed by atoms with van der Waals surface area (Å²) in [5.74, 6) is 0. The van der Waals surface area contributed by atoms with Gasteiger partial charge in [-0.1, -0.05) is 23.8 Å². The summed E-state index contributed by atoms with van der Waals surface area (Å²) in [7, 11) is 0. The lowest BCUT2D eigenvalue weighted by Gasteiger charge is -2.13. The van der Waals surface area contributed by atoms with E-state index < -0.39 is 11.7 Å². The highest BCUT2D eigenvalue weighted by Gasteiger charge is 2.29. The molecule has 0 heterocycles. The molecule has 0 aromatic heterocycles. The van der Waals surface area contributed by atoms with Gasteiger partial charge in [0.15, 0.2) is 0 Å². The molecule has 5 heteroatoms. The third kappa shape index (κ3) is 6.75. The number of halogens is 3. The van der Waals surface area contributed by atoms with Gasteiger partial charge in [-0.05, 0) is 56.3 Å². The Kier molecular flexibility index (Phi) is 7.12. The normalized spacial score (nSPS) is 15.5. The molecule has 0 aliphatic heterocycles. The van der Waals surface area contributed by atoms with E-state index in [9.17, 15) is 13.2 Å². The predicted molar refractivity (Wildman–Crippen MR) is 87.2 cm³/mol. The smallest absolute Gasteiger partial charge is 0.315 e. The SMILES string of the molecule is FC(F)(F)c1ccc(CNCCNCCC2=CCCCC2)cc1. The van der Waals surface area contributed by atoms with Crippen molar-refractivity contribution in [1.29, 1.82) is 0 Å². The van der Waals surface area contributed by atoms with Crippen LogP contribution in [0.4, 0.5) is 13.2 Å². The van der Waals surface area contributed by atoms with Crippen LogP contribution in [-0.4, -0.2) is 19.6 Å². The number of nitrogens with one attached hydrogen (secondary N) is 2. The molecule has 23 heavy (non-hydrogen) atoms. The van der Waals surface area contributed by atoms with Gasteiger partial charge in [-0.3, -0.25) is 0 Å². The summed E-state index contributed by atoms with van der Waals surface area (Å²) in [5.41, 5.74) is 1.84. The van der Waals surface area contributed by atoms with Crippen LogP contribution in [0.25, 0.3) is 0 Å². The summed E-state index contributed by atoms with van der Waals surface area (Å²) >= 11 is 0. The van der Waals surface area contributed by atoms with Crippen LogP contribution in [0.2, 0.25) is 0 Å². The zero-order valence-electron chi connectivity index (χ0n) is 13.4. The first-order chi connectivity index (χ1) is 11.1. The molecule has 2 N–H and O–H groups in total. The Labute approximate surface area is 136 Å². The van der Waals surface area contributed by atoms with Crippen LogP contribution in [0.15, 0.2) is 35.9 Å². The van der Waals surface area contributed by atoms with Crippen LogP contribution in [0.3, 0.4) is 0 Å². The van der Waals surface area contributed by atoms with Crippen LogP contribution >= 0.6 is 0 Å². The van der Waals surface area contributed by atoms with Gasteiger partial charge in [-0.15, -0.1) is 0 Å². The van der Waals surface area contributed by atoms with Gasteiger partial charge in [0.1, 0.15) is 0 Å². The number of hydrogen-bond donors (Lipinski definition) is 2. The Morgan fingerprint density at radius 3 is 2.30 bits per heavy atom. The molecule has 0 spiro atoms. The van der Waals surface area contributed by atoms with Gasteiger partial charge in [0, 0.05) is 19.6 Å². The van der Waals surface area contributed by atoms with Crippen molar-refractivity contribution in [2.75, 3.05) is 19.6 Å². The summed E-state index contributed by atoms with van der Waals surface area (Å²) in [6.45, 7) is 3.26. The minimum Gasteiger partial charge on any atom is -0.315 e. The van der Waals surface area contributed by atoms with Gasteiger partial charge in [0.25, 0.3) is 0 Å². The Morgan fingerprint density at radius 2 is 1.65 bits per heavy atom. The Balaban J connectivity index is 1.54. The molecule has 2 nitrogen and oxygen atoms in total. The maximum atomic E-state index is 12.5. The van der Waals surface area contributed by atoms with Crippen LogP contribution in [0.1, 0.15) is 43.2 Å². The molecular weight excluding hydrogens is 301 g/mol. The second-order valence-corrected chi connectivity index (χ2v) is 5.98. The van der Waals surface area contributed by atoms with Crippen LogP contribution in [0, 0.1) is 0 Å². The van der Waals surface area contributed by atoms with Gasteiger partial charge in [-0.25, -0.2) is 0 Å². The second kappa shape index (κ2) is 9.08. The third-order valence-corrected chi connectivity index (χ3v) is 4.10. The van der Waals surface area contributed by atoms with Crippen molar-refractivity contribution >= 4 is 0 Å². The first kappa shape index (κ1) is 18.0. The molecule has 0 unspecified atom stereocenters. The van der Waals surface area contributed by atoms with E-state index in [1.54, 1.807) is 5.57 Å². The van der Waals surface area contributed by atoms with Crippen molar-refractivity contribution in [1.82, 2.24) is 10.6 Å². The quantitative estimate of drug-likeness (QED) is 0.550. The highest BCUT2D eigenvalue weighted by Crippen LogP contribution is 2.29. The second-order valence-electron chi connectivity index (χ2n) is 5.98.